The zero-order valence-corrected chi connectivity index (χ0v) is 25.2. The normalized spacial score (nSPS) is 35.6. The fourth-order valence-corrected chi connectivity index (χ4v) is 9.67. The van der Waals surface area contributed by atoms with Gasteiger partial charge in [0.2, 0.25) is 0 Å². The summed E-state index contributed by atoms with van der Waals surface area (Å²) in [6.45, 7) is 12.4. The zero-order chi connectivity index (χ0) is 28.7. The van der Waals surface area contributed by atoms with E-state index in [9.17, 15) is 14.9 Å². The number of carbonyl (C=O) groups is 1. The minimum absolute atomic E-state index is 0.113. The van der Waals surface area contributed by atoms with Crippen molar-refractivity contribution in [3.63, 3.8) is 0 Å². The Kier molecular flexibility index (Phi) is 8.37. The van der Waals surface area contributed by atoms with E-state index < -0.39 is 11.1 Å². The van der Waals surface area contributed by atoms with Crippen LogP contribution in [0.15, 0.2) is 35.9 Å². The molecule has 0 aliphatic heterocycles. The third kappa shape index (κ3) is 5.56. The van der Waals surface area contributed by atoms with Crippen molar-refractivity contribution in [2.75, 3.05) is 0 Å². The minimum Gasteiger partial charge on any atom is -0.430 e. The van der Waals surface area contributed by atoms with Crippen LogP contribution in [0.2, 0.25) is 0 Å². The van der Waals surface area contributed by atoms with Crippen molar-refractivity contribution < 1.29 is 19.2 Å². The first kappa shape index (κ1) is 29.1. The monoisotopic (exact) mass is 551 g/mol. The zero-order valence-electron chi connectivity index (χ0n) is 25.2. The Morgan fingerprint density at radius 1 is 1.07 bits per heavy atom. The number of nitrogens with zero attached hydrogens (tertiary/aromatic N) is 1. The van der Waals surface area contributed by atoms with Crippen molar-refractivity contribution >= 4 is 11.8 Å². The predicted octanol–water partition coefficient (Wildman–Crippen LogP) is 9.52. The highest BCUT2D eigenvalue weighted by molar-refractivity contribution is 5.64. The maximum absolute atomic E-state index is 12.5. The van der Waals surface area contributed by atoms with Gasteiger partial charge >= 0.3 is 6.16 Å². The topological polar surface area (TPSA) is 78.7 Å². The van der Waals surface area contributed by atoms with E-state index in [2.05, 4.69) is 40.7 Å². The van der Waals surface area contributed by atoms with Gasteiger partial charge in [0.05, 0.1) is 11.0 Å². The molecule has 4 aliphatic carbocycles. The van der Waals surface area contributed by atoms with E-state index in [1.807, 2.05) is 0 Å². The number of benzene rings is 1. The number of nitro groups is 1. The first-order chi connectivity index (χ1) is 19.0. The summed E-state index contributed by atoms with van der Waals surface area (Å²) in [5.41, 5.74) is 2.03. The molecule has 1 aromatic rings. The first-order valence-electron chi connectivity index (χ1n) is 15.8. The Bertz CT molecular complexity index is 1130. The Morgan fingerprint density at radius 2 is 1.88 bits per heavy atom. The van der Waals surface area contributed by atoms with E-state index in [0.717, 1.165) is 61.2 Å². The van der Waals surface area contributed by atoms with E-state index in [4.69, 9.17) is 9.47 Å². The number of ether oxygens (including phenoxy) is 2. The Morgan fingerprint density at radius 3 is 2.62 bits per heavy atom. The summed E-state index contributed by atoms with van der Waals surface area (Å²) in [6.07, 6.45) is 14.9. The Hall–Kier alpha value is -2.37. The molecule has 0 amide bonds. The van der Waals surface area contributed by atoms with Crippen LogP contribution in [-0.4, -0.2) is 17.2 Å². The second-order valence-electron chi connectivity index (χ2n) is 14.4. The summed E-state index contributed by atoms with van der Waals surface area (Å²) in [4.78, 5) is 23.1. The second-order valence-corrected chi connectivity index (χ2v) is 14.4. The van der Waals surface area contributed by atoms with Crippen LogP contribution in [0.25, 0.3) is 0 Å². The summed E-state index contributed by atoms with van der Waals surface area (Å²) in [5, 5.41) is 11.0. The molecule has 8 atom stereocenters. The van der Waals surface area contributed by atoms with E-state index in [0.29, 0.717) is 5.41 Å². The lowest BCUT2D eigenvalue weighted by molar-refractivity contribution is -0.384. The van der Waals surface area contributed by atoms with Crippen LogP contribution >= 0.6 is 0 Å². The molecule has 6 nitrogen and oxygen atoms in total. The molecule has 3 fully saturated rings. The van der Waals surface area contributed by atoms with Gasteiger partial charge in [-0.05, 0) is 97.3 Å². The molecule has 1 aromatic carbocycles. The number of allylic oxidation sites excluding steroid dienone is 1. The summed E-state index contributed by atoms with van der Waals surface area (Å²) in [7, 11) is 0. The van der Waals surface area contributed by atoms with E-state index in [-0.39, 0.29) is 23.0 Å². The minimum atomic E-state index is -0.781. The van der Waals surface area contributed by atoms with Gasteiger partial charge in [0, 0.05) is 12.5 Å². The van der Waals surface area contributed by atoms with Gasteiger partial charge in [-0.2, -0.15) is 0 Å². The average Bonchev–Trinajstić information content (AvgIpc) is 3.26. The number of non-ortho nitro benzene ring substituents is 1. The van der Waals surface area contributed by atoms with Gasteiger partial charge in [0.1, 0.15) is 11.9 Å². The van der Waals surface area contributed by atoms with Crippen LogP contribution in [0.4, 0.5) is 10.5 Å². The van der Waals surface area contributed by atoms with Gasteiger partial charge in [-0.25, -0.2) is 4.79 Å². The average molecular weight is 552 g/mol. The molecule has 0 bridgehead atoms. The van der Waals surface area contributed by atoms with Crippen molar-refractivity contribution in [2.45, 2.75) is 111 Å². The molecule has 220 valence electrons. The molecular weight excluding hydrogens is 502 g/mol. The summed E-state index contributed by atoms with van der Waals surface area (Å²) >= 11 is 0. The standard InChI is InChI=1S/C34H49NO5/c1-22(2)8-6-9-23(3)29-14-15-30-28-13-12-24-20-27(16-18-33(24,4)31(28)17-19-34(29,30)5)40-32(36)39-26-11-7-10-25(21-26)35(37)38/h7,10-12,21-23,27-31H,6,8-9,13-20H2,1-5H3/t23-,27+,28-,29+,30+,31-,33+,34-/m1/s1. The van der Waals surface area contributed by atoms with Crippen LogP contribution in [0, 0.1) is 56.5 Å². The molecule has 0 heterocycles. The molecule has 5 rings (SSSR count). The molecule has 4 aliphatic rings. The molecular formula is C34H49NO5. The SMILES string of the molecule is CC(C)CCC[C@@H](C)[C@@H]1CC[C@H]2[C@H]3CC=C4C[C@@H](OC(=O)Oc5cccc([N+](=O)[O-])c5)CC[C@]4(C)[C@@H]3CC[C@@]21C. The number of carbonyl (C=O) groups excluding carboxylic acids is 1. The number of fused-ring (bicyclic) bond motifs is 5. The highest BCUT2D eigenvalue weighted by Crippen LogP contribution is 2.67. The number of rotatable bonds is 8. The molecule has 0 N–H and O–H groups in total. The van der Waals surface area contributed by atoms with E-state index in [1.165, 1.54) is 74.8 Å². The third-order valence-electron chi connectivity index (χ3n) is 11.8. The van der Waals surface area contributed by atoms with Crippen molar-refractivity contribution in [3.05, 3.63) is 46.0 Å². The molecule has 0 radical (unpaired) electrons. The quantitative estimate of drug-likeness (QED) is 0.106. The van der Waals surface area contributed by atoms with Crippen LogP contribution in [0.1, 0.15) is 105 Å². The molecule has 3 saturated carbocycles. The maximum atomic E-state index is 12.5. The number of hydrogen-bond donors (Lipinski definition) is 0. The summed E-state index contributed by atoms with van der Waals surface area (Å²) in [6, 6.07) is 5.66. The van der Waals surface area contributed by atoms with Crippen molar-refractivity contribution in [3.8, 4) is 5.75 Å². The van der Waals surface area contributed by atoms with Crippen molar-refractivity contribution in [1.29, 1.82) is 0 Å². The van der Waals surface area contributed by atoms with Crippen LogP contribution < -0.4 is 4.74 Å². The summed E-state index contributed by atoms with van der Waals surface area (Å²) in [5.74, 6) is 4.95. The molecule has 0 spiro atoms. The maximum Gasteiger partial charge on any atom is 0.514 e. The highest BCUT2D eigenvalue weighted by Gasteiger charge is 2.59. The fraction of sp³-hybridized carbons (Fsp3) is 0.735. The number of hydrogen-bond acceptors (Lipinski definition) is 5. The van der Waals surface area contributed by atoms with Gasteiger partial charge in [-0.1, -0.05) is 71.6 Å². The smallest absolute Gasteiger partial charge is 0.430 e. The molecule has 6 heteroatoms. The predicted molar refractivity (Wildman–Crippen MR) is 157 cm³/mol. The molecule has 0 saturated heterocycles. The molecule has 0 unspecified atom stereocenters. The Labute approximate surface area is 240 Å². The second kappa shape index (κ2) is 11.5. The van der Waals surface area contributed by atoms with Gasteiger partial charge in [-0.15, -0.1) is 0 Å². The van der Waals surface area contributed by atoms with Gasteiger partial charge in [0.15, 0.2) is 0 Å². The largest absolute Gasteiger partial charge is 0.514 e. The summed E-state index contributed by atoms with van der Waals surface area (Å²) < 4.78 is 11.0. The first-order valence-corrected chi connectivity index (χ1v) is 15.8. The van der Waals surface area contributed by atoms with Gasteiger partial charge in [0.25, 0.3) is 5.69 Å². The lowest BCUT2D eigenvalue weighted by Crippen LogP contribution is -2.51. The lowest BCUT2D eigenvalue weighted by Gasteiger charge is -2.58. The van der Waals surface area contributed by atoms with Crippen molar-refractivity contribution in [2.24, 2.45) is 46.3 Å². The highest BCUT2D eigenvalue weighted by atomic mass is 16.7. The van der Waals surface area contributed by atoms with E-state index in [1.54, 1.807) is 0 Å². The molecule has 0 aromatic heterocycles. The molecule has 40 heavy (non-hydrogen) atoms. The Balaban J connectivity index is 1.21. The van der Waals surface area contributed by atoms with Gasteiger partial charge in [-0.3, -0.25) is 10.1 Å². The van der Waals surface area contributed by atoms with Crippen molar-refractivity contribution in [1.82, 2.24) is 0 Å². The van der Waals surface area contributed by atoms with Crippen LogP contribution in [0.5, 0.6) is 5.75 Å². The third-order valence-corrected chi connectivity index (χ3v) is 11.8. The van der Waals surface area contributed by atoms with Crippen LogP contribution in [-0.2, 0) is 4.74 Å². The fourth-order valence-electron chi connectivity index (χ4n) is 9.67. The van der Waals surface area contributed by atoms with E-state index >= 15 is 0 Å². The number of nitro benzene ring substituents is 1. The van der Waals surface area contributed by atoms with Gasteiger partial charge < -0.3 is 9.47 Å². The van der Waals surface area contributed by atoms with Crippen LogP contribution in [0.3, 0.4) is 0 Å². The lowest BCUT2D eigenvalue weighted by atomic mass is 9.47.